The SMILES string of the molecule is COc1ccccc1C(=O)N(Cc1c(-c2ccccc2)noc1N1CCOCC1)C1CC1. The van der Waals surface area contributed by atoms with Crippen molar-refractivity contribution in [1.29, 1.82) is 0 Å². The lowest BCUT2D eigenvalue weighted by Crippen LogP contribution is -2.38. The van der Waals surface area contributed by atoms with E-state index in [1.165, 1.54) is 0 Å². The molecular weight excluding hydrogens is 406 g/mol. The third-order valence-electron chi connectivity index (χ3n) is 6.03. The third kappa shape index (κ3) is 4.08. The van der Waals surface area contributed by atoms with Gasteiger partial charge >= 0.3 is 0 Å². The molecular formula is C25H27N3O4. The molecule has 1 saturated heterocycles. The van der Waals surface area contributed by atoms with Crippen molar-refractivity contribution in [3.8, 4) is 17.0 Å². The number of methoxy groups -OCH3 is 1. The maximum atomic E-state index is 13.6. The van der Waals surface area contributed by atoms with Crippen LogP contribution >= 0.6 is 0 Å². The highest BCUT2D eigenvalue weighted by molar-refractivity contribution is 5.97. The normalized spacial score (nSPS) is 16.1. The molecule has 7 nitrogen and oxygen atoms in total. The van der Waals surface area contributed by atoms with Crippen LogP contribution in [0.5, 0.6) is 5.75 Å². The number of hydrogen-bond donors (Lipinski definition) is 0. The average Bonchev–Trinajstić information content (AvgIpc) is 3.62. The van der Waals surface area contributed by atoms with E-state index in [2.05, 4.69) is 10.1 Å². The highest BCUT2D eigenvalue weighted by atomic mass is 16.5. The Bertz CT molecular complexity index is 1070. The molecule has 1 amide bonds. The van der Waals surface area contributed by atoms with Crippen molar-refractivity contribution >= 4 is 11.8 Å². The lowest BCUT2D eigenvalue weighted by Gasteiger charge is -2.28. The standard InChI is InChI=1S/C25H27N3O4/c1-30-22-10-6-5-9-20(22)24(29)28(19-11-12-19)17-21-23(18-7-3-2-4-8-18)26-32-25(21)27-13-15-31-16-14-27/h2-10,19H,11-17H2,1H3. The number of amides is 1. The van der Waals surface area contributed by atoms with Crippen molar-refractivity contribution in [2.45, 2.75) is 25.4 Å². The van der Waals surface area contributed by atoms with Gasteiger partial charge in [0.1, 0.15) is 11.4 Å². The zero-order chi connectivity index (χ0) is 21.9. The second-order valence-corrected chi connectivity index (χ2v) is 8.14. The fourth-order valence-corrected chi connectivity index (χ4v) is 4.18. The Balaban J connectivity index is 1.53. The van der Waals surface area contributed by atoms with Gasteiger partial charge in [-0.15, -0.1) is 0 Å². The summed E-state index contributed by atoms with van der Waals surface area (Å²) in [5.41, 5.74) is 3.28. The van der Waals surface area contributed by atoms with Gasteiger partial charge in [0.2, 0.25) is 5.88 Å². The number of ether oxygens (including phenoxy) is 2. The minimum Gasteiger partial charge on any atom is -0.496 e. The molecule has 0 unspecified atom stereocenters. The van der Waals surface area contributed by atoms with Crippen LogP contribution < -0.4 is 9.64 Å². The van der Waals surface area contributed by atoms with Gasteiger partial charge in [-0.25, -0.2) is 0 Å². The Labute approximate surface area is 187 Å². The Morgan fingerprint density at radius 2 is 1.81 bits per heavy atom. The molecule has 1 aromatic heterocycles. The summed E-state index contributed by atoms with van der Waals surface area (Å²) in [5, 5.41) is 4.44. The topological polar surface area (TPSA) is 68.0 Å². The summed E-state index contributed by atoms with van der Waals surface area (Å²) in [4.78, 5) is 17.7. The Kier molecular flexibility index (Phi) is 5.81. The first-order valence-corrected chi connectivity index (χ1v) is 11.1. The van der Waals surface area contributed by atoms with Crippen LogP contribution in [0.15, 0.2) is 59.1 Å². The van der Waals surface area contributed by atoms with Crippen LogP contribution in [-0.2, 0) is 11.3 Å². The molecule has 0 atom stereocenters. The van der Waals surface area contributed by atoms with Crippen LogP contribution in [0.1, 0.15) is 28.8 Å². The number of benzene rings is 2. The van der Waals surface area contributed by atoms with Gasteiger partial charge in [0.25, 0.3) is 5.91 Å². The second kappa shape index (κ2) is 9.04. The number of aromatic nitrogens is 1. The van der Waals surface area contributed by atoms with E-state index in [0.29, 0.717) is 31.1 Å². The maximum absolute atomic E-state index is 13.6. The first-order chi connectivity index (χ1) is 15.8. The number of carbonyl (C=O) groups excluding carboxylic acids is 1. The molecule has 2 aliphatic rings. The quantitative estimate of drug-likeness (QED) is 0.561. The van der Waals surface area contributed by atoms with Crippen LogP contribution in [0.3, 0.4) is 0 Å². The van der Waals surface area contributed by atoms with Gasteiger partial charge in [-0.2, -0.15) is 0 Å². The van der Waals surface area contributed by atoms with Crippen molar-refractivity contribution in [2.75, 3.05) is 38.3 Å². The largest absolute Gasteiger partial charge is 0.496 e. The van der Waals surface area contributed by atoms with E-state index in [1.807, 2.05) is 59.5 Å². The van der Waals surface area contributed by atoms with Crippen molar-refractivity contribution in [1.82, 2.24) is 10.1 Å². The van der Waals surface area contributed by atoms with Crippen LogP contribution in [-0.4, -0.2) is 55.4 Å². The van der Waals surface area contributed by atoms with Gasteiger partial charge < -0.3 is 23.8 Å². The van der Waals surface area contributed by atoms with Gasteiger partial charge in [-0.05, 0) is 25.0 Å². The molecule has 2 heterocycles. The van der Waals surface area contributed by atoms with E-state index >= 15 is 0 Å². The molecule has 0 spiro atoms. The van der Waals surface area contributed by atoms with E-state index in [1.54, 1.807) is 7.11 Å². The molecule has 0 radical (unpaired) electrons. The van der Waals surface area contributed by atoms with E-state index in [9.17, 15) is 4.79 Å². The highest BCUT2D eigenvalue weighted by Crippen LogP contribution is 2.37. The molecule has 1 aliphatic heterocycles. The summed E-state index contributed by atoms with van der Waals surface area (Å²) in [5.74, 6) is 1.29. The molecule has 2 aromatic carbocycles. The number of rotatable bonds is 7. The predicted molar refractivity (Wildman–Crippen MR) is 121 cm³/mol. The molecule has 0 N–H and O–H groups in total. The summed E-state index contributed by atoms with van der Waals surface area (Å²) >= 11 is 0. The zero-order valence-corrected chi connectivity index (χ0v) is 18.2. The number of para-hydroxylation sites is 1. The molecule has 3 aromatic rings. The second-order valence-electron chi connectivity index (χ2n) is 8.14. The first kappa shape index (κ1) is 20.6. The van der Waals surface area contributed by atoms with Gasteiger partial charge in [-0.1, -0.05) is 47.6 Å². The van der Waals surface area contributed by atoms with Crippen molar-refractivity contribution in [3.63, 3.8) is 0 Å². The monoisotopic (exact) mass is 433 g/mol. The summed E-state index contributed by atoms with van der Waals surface area (Å²) in [6, 6.07) is 17.6. The minimum atomic E-state index is -0.0295. The Morgan fingerprint density at radius 3 is 2.53 bits per heavy atom. The van der Waals surface area contributed by atoms with E-state index in [4.69, 9.17) is 14.0 Å². The van der Waals surface area contributed by atoms with Crippen LogP contribution in [0.2, 0.25) is 0 Å². The van der Waals surface area contributed by atoms with Crippen LogP contribution in [0, 0.1) is 0 Å². The summed E-state index contributed by atoms with van der Waals surface area (Å²) < 4.78 is 16.9. The molecule has 32 heavy (non-hydrogen) atoms. The molecule has 2 fully saturated rings. The van der Waals surface area contributed by atoms with Gasteiger partial charge in [-0.3, -0.25) is 4.79 Å². The van der Waals surface area contributed by atoms with Crippen molar-refractivity contribution < 1.29 is 18.8 Å². The fourth-order valence-electron chi connectivity index (χ4n) is 4.18. The number of morpholine rings is 1. The van der Waals surface area contributed by atoms with Crippen LogP contribution in [0.25, 0.3) is 11.3 Å². The number of nitrogens with zero attached hydrogens (tertiary/aromatic N) is 3. The van der Waals surface area contributed by atoms with Crippen LogP contribution in [0.4, 0.5) is 5.88 Å². The fraction of sp³-hybridized carbons (Fsp3) is 0.360. The Hall–Kier alpha value is -3.32. The van der Waals surface area contributed by atoms with Crippen molar-refractivity contribution in [2.24, 2.45) is 0 Å². The lowest BCUT2D eigenvalue weighted by molar-refractivity contribution is 0.0726. The minimum absolute atomic E-state index is 0.0295. The van der Waals surface area contributed by atoms with E-state index < -0.39 is 0 Å². The Morgan fingerprint density at radius 1 is 1.09 bits per heavy atom. The molecule has 0 bridgehead atoms. The first-order valence-electron chi connectivity index (χ1n) is 11.1. The number of anilines is 1. The van der Waals surface area contributed by atoms with E-state index in [-0.39, 0.29) is 11.9 Å². The molecule has 166 valence electrons. The summed E-state index contributed by atoms with van der Waals surface area (Å²) in [6.45, 7) is 3.20. The number of hydrogen-bond acceptors (Lipinski definition) is 6. The average molecular weight is 434 g/mol. The predicted octanol–water partition coefficient (Wildman–Crippen LogP) is 3.99. The molecule has 7 heteroatoms. The third-order valence-corrected chi connectivity index (χ3v) is 6.03. The van der Waals surface area contributed by atoms with Gasteiger partial charge in [0.15, 0.2) is 0 Å². The maximum Gasteiger partial charge on any atom is 0.258 e. The van der Waals surface area contributed by atoms with Crippen molar-refractivity contribution in [3.05, 3.63) is 65.7 Å². The summed E-state index contributed by atoms with van der Waals surface area (Å²) in [7, 11) is 1.59. The van der Waals surface area contributed by atoms with Gasteiger partial charge in [0.05, 0.1) is 38.0 Å². The highest BCUT2D eigenvalue weighted by Gasteiger charge is 2.36. The van der Waals surface area contributed by atoms with Gasteiger partial charge in [0, 0.05) is 24.7 Å². The smallest absolute Gasteiger partial charge is 0.258 e. The van der Waals surface area contributed by atoms with E-state index in [0.717, 1.165) is 48.6 Å². The lowest BCUT2D eigenvalue weighted by atomic mass is 10.1. The zero-order valence-electron chi connectivity index (χ0n) is 18.2. The molecule has 1 saturated carbocycles. The summed E-state index contributed by atoms with van der Waals surface area (Å²) in [6.07, 6.45) is 2.00. The number of carbonyl (C=O) groups is 1. The molecule has 1 aliphatic carbocycles. The molecule has 5 rings (SSSR count).